The van der Waals surface area contributed by atoms with Crippen LogP contribution in [0.1, 0.15) is 0 Å². The summed E-state index contributed by atoms with van der Waals surface area (Å²) in [5, 5.41) is 0. The van der Waals surface area contributed by atoms with Crippen molar-refractivity contribution in [2.24, 2.45) is 0 Å². The minimum atomic E-state index is -1.07. The lowest BCUT2D eigenvalue weighted by atomic mass is 9.86. The number of carbonyl (C=O) groups is 2. The van der Waals surface area contributed by atoms with Crippen LogP contribution in [0.2, 0.25) is 0 Å². The first kappa shape index (κ1) is 17.5. The molecule has 0 radical (unpaired) electrons. The summed E-state index contributed by atoms with van der Waals surface area (Å²) in [5.74, 6) is -0.338. The van der Waals surface area contributed by atoms with Gasteiger partial charge in [-0.2, -0.15) is 0 Å². The Bertz CT molecular complexity index is 515. The van der Waals surface area contributed by atoms with Gasteiger partial charge in [-0.3, -0.25) is 19.4 Å². The lowest BCUT2D eigenvalue weighted by Crippen LogP contribution is -2.67. The van der Waals surface area contributed by atoms with Crippen LogP contribution in [0.25, 0.3) is 0 Å². The highest BCUT2D eigenvalue weighted by molar-refractivity contribution is 6.15. The highest BCUT2D eigenvalue weighted by Crippen LogP contribution is 2.41. The molecule has 0 N–H and O–H groups in total. The van der Waals surface area contributed by atoms with E-state index >= 15 is 0 Å². The molecule has 0 aromatic rings. The molecule has 1 atom stereocenters. The number of hydrogen-bond acceptors (Lipinski definition) is 8. The van der Waals surface area contributed by atoms with Gasteiger partial charge in [-0.05, 0) is 0 Å². The molecule has 1 aliphatic carbocycles. The second-order valence-electron chi connectivity index (χ2n) is 6.03. The lowest BCUT2D eigenvalue weighted by Gasteiger charge is -2.42. The third kappa shape index (κ3) is 3.12. The minimum absolute atomic E-state index is 0.0995. The van der Waals surface area contributed by atoms with E-state index < -0.39 is 11.8 Å². The predicted molar refractivity (Wildman–Crippen MR) is 83.4 cm³/mol. The van der Waals surface area contributed by atoms with Crippen molar-refractivity contribution < 1.29 is 28.5 Å². The maximum Gasteiger partial charge on any atom is 0.235 e. The van der Waals surface area contributed by atoms with Crippen LogP contribution in [0.3, 0.4) is 0 Å². The van der Waals surface area contributed by atoms with Crippen molar-refractivity contribution in [1.82, 2.24) is 9.80 Å². The van der Waals surface area contributed by atoms with E-state index in [4.69, 9.17) is 18.9 Å². The Kier molecular flexibility index (Phi) is 5.31. The van der Waals surface area contributed by atoms with Crippen molar-refractivity contribution in [2.75, 3.05) is 66.8 Å². The van der Waals surface area contributed by atoms with E-state index in [0.717, 1.165) is 26.2 Å². The molecule has 0 spiro atoms. The molecule has 2 aliphatic heterocycles. The van der Waals surface area contributed by atoms with Gasteiger partial charge in [-0.25, -0.2) is 0 Å². The number of carbonyl (C=O) groups excluding carboxylic acids is 2. The summed E-state index contributed by atoms with van der Waals surface area (Å²) in [5.41, 5.74) is -1.07. The van der Waals surface area contributed by atoms with Crippen LogP contribution < -0.4 is 0 Å². The highest BCUT2D eigenvalue weighted by Gasteiger charge is 2.66. The van der Waals surface area contributed by atoms with Crippen LogP contribution in [-0.2, 0) is 28.5 Å². The number of rotatable bonds is 10. The fraction of sp³-hybridized carbons (Fsp3) is 0.750. The summed E-state index contributed by atoms with van der Waals surface area (Å²) < 4.78 is 21.3. The van der Waals surface area contributed by atoms with Crippen LogP contribution in [0.15, 0.2) is 11.8 Å². The van der Waals surface area contributed by atoms with Gasteiger partial charge in [-0.15, -0.1) is 0 Å². The molecule has 0 amide bonds. The number of Topliss-reactive ketones (excluding diaryl/α,β-unsaturated/α-hetero) is 1. The first-order chi connectivity index (χ1) is 11.7. The second-order valence-corrected chi connectivity index (χ2v) is 6.03. The largest absolute Gasteiger partial charge is 0.487 e. The van der Waals surface area contributed by atoms with Crippen molar-refractivity contribution in [3.05, 3.63) is 11.8 Å². The topological polar surface area (TPSA) is 77.1 Å². The minimum Gasteiger partial charge on any atom is -0.487 e. The van der Waals surface area contributed by atoms with Gasteiger partial charge in [0.05, 0.1) is 19.8 Å². The zero-order valence-electron chi connectivity index (χ0n) is 14.2. The van der Waals surface area contributed by atoms with E-state index in [1.165, 1.54) is 6.08 Å². The van der Waals surface area contributed by atoms with Crippen LogP contribution in [0.4, 0.5) is 0 Å². The van der Waals surface area contributed by atoms with Crippen LogP contribution in [-0.4, -0.2) is 100.0 Å². The fourth-order valence-electron chi connectivity index (χ4n) is 3.16. The molecule has 0 aromatic heterocycles. The molecule has 2 fully saturated rings. The molecule has 3 rings (SSSR count). The molecule has 2 heterocycles. The van der Waals surface area contributed by atoms with Crippen LogP contribution in [0.5, 0.6) is 0 Å². The van der Waals surface area contributed by atoms with Crippen LogP contribution in [0, 0.1) is 0 Å². The van der Waals surface area contributed by atoms with Crippen LogP contribution >= 0.6 is 0 Å². The summed E-state index contributed by atoms with van der Waals surface area (Å²) in [6, 6.07) is 0. The summed E-state index contributed by atoms with van der Waals surface area (Å²) in [4.78, 5) is 29.9. The van der Waals surface area contributed by atoms with Crippen molar-refractivity contribution >= 4 is 11.6 Å². The zero-order valence-corrected chi connectivity index (χ0v) is 14.2. The average Bonchev–Trinajstić information content (AvgIpc) is 3.45. The molecule has 2 saturated heterocycles. The number of nitrogens with zero attached hydrogens (tertiary/aromatic N) is 2. The predicted octanol–water partition coefficient (Wildman–Crippen LogP) is -0.956. The van der Waals surface area contributed by atoms with E-state index in [1.54, 1.807) is 14.2 Å². The Hall–Kier alpha value is -1.32. The van der Waals surface area contributed by atoms with Gasteiger partial charge in [0.1, 0.15) is 6.61 Å². The molecule has 134 valence electrons. The second kappa shape index (κ2) is 7.28. The van der Waals surface area contributed by atoms with Gasteiger partial charge >= 0.3 is 0 Å². The van der Waals surface area contributed by atoms with Crippen molar-refractivity contribution in [2.45, 2.75) is 11.8 Å². The Morgan fingerprint density at radius 1 is 1.00 bits per heavy atom. The normalized spacial score (nSPS) is 26.4. The van der Waals surface area contributed by atoms with Gasteiger partial charge in [0.2, 0.25) is 5.78 Å². The molecule has 8 nitrogen and oxygen atoms in total. The van der Waals surface area contributed by atoms with Gasteiger partial charge in [0.25, 0.3) is 0 Å². The number of hydrogen-bond donors (Lipinski definition) is 0. The first-order valence-electron chi connectivity index (χ1n) is 8.19. The van der Waals surface area contributed by atoms with E-state index in [0.29, 0.717) is 13.2 Å². The molecule has 0 saturated carbocycles. The summed E-state index contributed by atoms with van der Waals surface area (Å²) in [6.07, 6.45) is 0.417. The van der Waals surface area contributed by atoms with Gasteiger partial charge < -0.3 is 18.9 Å². The highest BCUT2D eigenvalue weighted by atomic mass is 16.5. The lowest BCUT2D eigenvalue weighted by molar-refractivity contribution is -0.162. The molecule has 3 aliphatic rings. The van der Waals surface area contributed by atoms with Gasteiger partial charge in [0.15, 0.2) is 23.3 Å². The van der Waals surface area contributed by atoms with E-state index in [1.807, 2.05) is 9.80 Å². The number of ketones is 2. The maximum absolute atomic E-state index is 13.2. The summed E-state index contributed by atoms with van der Waals surface area (Å²) in [7, 11) is 3.13. The maximum atomic E-state index is 13.2. The number of methoxy groups -OCH3 is 2. The molecule has 24 heavy (non-hydrogen) atoms. The summed E-state index contributed by atoms with van der Waals surface area (Å²) >= 11 is 0. The van der Waals surface area contributed by atoms with Gasteiger partial charge in [0, 0.05) is 46.5 Å². The molecule has 1 unspecified atom stereocenters. The monoisotopic (exact) mass is 340 g/mol. The molecular weight excluding hydrogens is 316 g/mol. The summed E-state index contributed by atoms with van der Waals surface area (Å²) in [6.45, 7) is 4.29. The molecule has 0 bridgehead atoms. The SMILES string of the molecule is COCCOC1=CC(=O)C(OCCOC)C(N2CC2)(N2CC2)C1=O. The smallest absolute Gasteiger partial charge is 0.235 e. The van der Waals surface area contributed by atoms with E-state index in [9.17, 15) is 9.59 Å². The van der Waals surface area contributed by atoms with E-state index in [-0.39, 0.29) is 30.5 Å². The number of ether oxygens (including phenoxy) is 4. The molecule has 0 aromatic carbocycles. The van der Waals surface area contributed by atoms with E-state index in [2.05, 4.69) is 0 Å². The average molecular weight is 340 g/mol. The van der Waals surface area contributed by atoms with Gasteiger partial charge in [-0.1, -0.05) is 0 Å². The third-order valence-electron chi connectivity index (χ3n) is 4.43. The quantitative estimate of drug-likeness (QED) is 0.372. The molecular formula is C16H24N2O6. The Morgan fingerprint density at radius 3 is 2.12 bits per heavy atom. The zero-order chi connectivity index (χ0) is 17.2. The third-order valence-corrected chi connectivity index (χ3v) is 4.43. The Balaban J connectivity index is 1.86. The Labute approximate surface area is 141 Å². The standard InChI is InChI=1S/C16H24N2O6/c1-21-7-9-23-13-11-12(19)15(24-10-8-22-2)16(14(13)20,17-3-4-17)18-5-6-18/h11,15H,3-10H2,1-2H3. The fourth-order valence-corrected chi connectivity index (χ4v) is 3.16. The van der Waals surface area contributed by atoms with Crippen molar-refractivity contribution in [1.29, 1.82) is 0 Å². The van der Waals surface area contributed by atoms with Crippen molar-refractivity contribution in [3.63, 3.8) is 0 Å². The molecule has 8 heteroatoms. The Morgan fingerprint density at radius 2 is 1.58 bits per heavy atom. The van der Waals surface area contributed by atoms with Crippen molar-refractivity contribution in [3.8, 4) is 0 Å². The first-order valence-corrected chi connectivity index (χ1v) is 8.19.